The summed E-state index contributed by atoms with van der Waals surface area (Å²) in [6.07, 6.45) is 4.04. The Labute approximate surface area is 232 Å². The van der Waals surface area contributed by atoms with Crippen LogP contribution in [-0.4, -0.2) is 68.7 Å². The van der Waals surface area contributed by atoms with Crippen molar-refractivity contribution < 1.29 is 14.3 Å². The van der Waals surface area contributed by atoms with Gasteiger partial charge in [-0.3, -0.25) is 9.69 Å². The Bertz CT molecular complexity index is 1490. The van der Waals surface area contributed by atoms with Crippen LogP contribution in [0.1, 0.15) is 31.7 Å². The van der Waals surface area contributed by atoms with E-state index >= 15 is 0 Å². The van der Waals surface area contributed by atoms with Crippen LogP contribution in [0.3, 0.4) is 0 Å². The van der Waals surface area contributed by atoms with E-state index in [2.05, 4.69) is 43.8 Å². The minimum Gasteiger partial charge on any atom is -0.492 e. The molecule has 1 amide bonds. The van der Waals surface area contributed by atoms with Crippen LogP contribution in [0.2, 0.25) is 5.02 Å². The lowest BCUT2D eigenvalue weighted by atomic mass is 10.2. The van der Waals surface area contributed by atoms with Crippen molar-refractivity contribution in [2.45, 2.75) is 38.3 Å². The highest BCUT2D eigenvalue weighted by Gasteiger charge is 2.41. The molecule has 0 unspecified atom stereocenters. The second-order valence-corrected chi connectivity index (χ2v) is 10.7. The van der Waals surface area contributed by atoms with Crippen LogP contribution in [0.25, 0.3) is 22.6 Å². The smallest absolute Gasteiger partial charge is 0.245 e. The normalized spacial score (nSPS) is 17.0. The minimum atomic E-state index is -0.194. The summed E-state index contributed by atoms with van der Waals surface area (Å²) in [5.41, 5.74) is 3.03. The van der Waals surface area contributed by atoms with Gasteiger partial charge in [-0.15, -0.1) is 0 Å². The quantitative estimate of drug-likeness (QED) is 0.334. The first-order valence-electron chi connectivity index (χ1n) is 13.3. The third-order valence-corrected chi connectivity index (χ3v) is 7.55. The molecule has 1 saturated heterocycles. The van der Waals surface area contributed by atoms with Crippen molar-refractivity contribution in [1.29, 1.82) is 0 Å². The van der Waals surface area contributed by atoms with E-state index in [1.807, 2.05) is 36.4 Å². The number of hydrogen-bond acceptors (Lipinski definition) is 7. The average molecular weight is 547 g/mol. The SMILES string of the molecule is CC1(Oc2ncnc3c2nc(-c2ccc(OCCN4CCNC(=O)CC4)cc2Cl)n3Cc2ccccc2)CC1. The van der Waals surface area contributed by atoms with Crippen LogP contribution >= 0.6 is 11.6 Å². The van der Waals surface area contributed by atoms with Gasteiger partial charge in [-0.2, -0.15) is 4.98 Å². The van der Waals surface area contributed by atoms with Gasteiger partial charge in [0.25, 0.3) is 0 Å². The molecule has 39 heavy (non-hydrogen) atoms. The fraction of sp³-hybridized carbons (Fsp3) is 0.379. The summed E-state index contributed by atoms with van der Waals surface area (Å²) in [4.78, 5) is 27.8. The summed E-state index contributed by atoms with van der Waals surface area (Å²) < 4.78 is 14.3. The number of halogens is 1. The van der Waals surface area contributed by atoms with E-state index < -0.39 is 0 Å². The predicted molar refractivity (Wildman–Crippen MR) is 149 cm³/mol. The van der Waals surface area contributed by atoms with Crippen molar-refractivity contribution in [1.82, 2.24) is 29.7 Å². The standard InChI is InChI=1S/C29H31ClN6O3/c1-29(10-11-29)39-28-25-27(32-19-33-28)36(18-20-5-3-2-4-6-20)26(34-25)22-8-7-21(17-23(22)30)38-16-15-35-13-9-24(37)31-12-14-35/h2-8,17,19H,9-16,18H2,1H3,(H,31,37). The Morgan fingerprint density at radius 2 is 1.95 bits per heavy atom. The number of amides is 1. The van der Waals surface area contributed by atoms with Crippen LogP contribution < -0.4 is 14.8 Å². The lowest BCUT2D eigenvalue weighted by molar-refractivity contribution is -0.120. The number of imidazole rings is 1. The Morgan fingerprint density at radius 1 is 1.10 bits per heavy atom. The summed E-state index contributed by atoms with van der Waals surface area (Å²) in [5.74, 6) is 1.97. The van der Waals surface area contributed by atoms with E-state index in [0.29, 0.717) is 59.8 Å². The number of aromatic nitrogens is 4. The molecule has 1 aliphatic heterocycles. The number of rotatable bonds is 9. The molecule has 9 nitrogen and oxygen atoms in total. The first-order chi connectivity index (χ1) is 19.0. The number of fused-ring (bicyclic) bond motifs is 1. The molecule has 1 aliphatic carbocycles. The van der Waals surface area contributed by atoms with Crippen molar-refractivity contribution in [3.8, 4) is 23.0 Å². The molecule has 1 N–H and O–H groups in total. The van der Waals surface area contributed by atoms with E-state index in [9.17, 15) is 4.79 Å². The van der Waals surface area contributed by atoms with Crippen LogP contribution in [0.4, 0.5) is 0 Å². The summed E-state index contributed by atoms with van der Waals surface area (Å²) in [7, 11) is 0. The maximum absolute atomic E-state index is 11.6. The Balaban J connectivity index is 1.27. The van der Waals surface area contributed by atoms with Crippen LogP contribution in [0.15, 0.2) is 54.9 Å². The predicted octanol–water partition coefficient (Wildman–Crippen LogP) is 4.33. The molecule has 3 heterocycles. The zero-order valence-electron chi connectivity index (χ0n) is 21.9. The van der Waals surface area contributed by atoms with E-state index in [0.717, 1.165) is 43.6 Å². The van der Waals surface area contributed by atoms with Crippen LogP contribution in [-0.2, 0) is 11.3 Å². The molecule has 2 fully saturated rings. The fourth-order valence-electron chi connectivity index (χ4n) is 4.72. The summed E-state index contributed by atoms with van der Waals surface area (Å²) in [5, 5.41) is 3.43. The third-order valence-electron chi connectivity index (χ3n) is 7.24. The first-order valence-corrected chi connectivity index (χ1v) is 13.7. The first kappa shape index (κ1) is 25.6. The lowest BCUT2D eigenvalue weighted by Crippen LogP contribution is -2.32. The molecule has 2 aliphatic rings. The molecule has 6 rings (SSSR count). The van der Waals surface area contributed by atoms with Gasteiger partial charge < -0.3 is 19.4 Å². The minimum absolute atomic E-state index is 0.102. The number of ether oxygens (including phenoxy) is 2. The number of nitrogens with zero attached hydrogens (tertiary/aromatic N) is 5. The number of benzene rings is 2. The molecule has 10 heteroatoms. The van der Waals surface area contributed by atoms with Crippen molar-refractivity contribution in [3.63, 3.8) is 0 Å². The van der Waals surface area contributed by atoms with Gasteiger partial charge in [-0.25, -0.2) is 9.97 Å². The summed E-state index contributed by atoms with van der Waals surface area (Å²) in [6.45, 7) is 6.12. The van der Waals surface area contributed by atoms with Gasteiger partial charge in [0.1, 0.15) is 30.1 Å². The second kappa shape index (κ2) is 10.8. The molecule has 0 spiro atoms. The zero-order valence-corrected chi connectivity index (χ0v) is 22.7. The van der Waals surface area contributed by atoms with Gasteiger partial charge in [-0.1, -0.05) is 41.9 Å². The number of hydrogen-bond donors (Lipinski definition) is 1. The maximum atomic E-state index is 11.6. The second-order valence-electron chi connectivity index (χ2n) is 10.3. The Morgan fingerprint density at radius 3 is 2.74 bits per heavy atom. The molecule has 4 aromatic rings. The third kappa shape index (κ3) is 5.84. The van der Waals surface area contributed by atoms with Gasteiger partial charge in [-0.05, 0) is 43.5 Å². The maximum Gasteiger partial charge on any atom is 0.245 e. The van der Waals surface area contributed by atoms with E-state index in [4.69, 9.17) is 26.1 Å². The highest BCUT2D eigenvalue weighted by molar-refractivity contribution is 6.33. The van der Waals surface area contributed by atoms with E-state index in [-0.39, 0.29) is 11.5 Å². The van der Waals surface area contributed by atoms with Crippen molar-refractivity contribution >= 4 is 28.7 Å². The highest BCUT2D eigenvalue weighted by atomic mass is 35.5. The molecular weight excluding hydrogens is 516 g/mol. The van der Waals surface area contributed by atoms with Gasteiger partial charge in [0.05, 0.1) is 11.6 Å². The molecule has 202 valence electrons. The molecule has 2 aromatic carbocycles. The highest BCUT2D eigenvalue weighted by Crippen LogP contribution is 2.41. The molecule has 2 aromatic heterocycles. The molecule has 0 atom stereocenters. The van der Waals surface area contributed by atoms with Crippen molar-refractivity contribution in [3.05, 3.63) is 65.4 Å². The van der Waals surface area contributed by atoms with Gasteiger partial charge >= 0.3 is 0 Å². The average Bonchev–Trinajstić information content (AvgIpc) is 3.61. The zero-order chi connectivity index (χ0) is 26.8. The van der Waals surface area contributed by atoms with Gasteiger partial charge in [0, 0.05) is 38.2 Å². The van der Waals surface area contributed by atoms with Gasteiger partial charge in [0.2, 0.25) is 11.8 Å². The van der Waals surface area contributed by atoms with Crippen LogP contribution in [0.5, 0.6) is 11.6 Å². The monoisotopic (exact) mass is 546 g/mol. The van der Waals surface area contributed by atoms with E-state index in [1.54, 1.807) is 0 Å². The number of nitrogens with one attached hydrogen (secondary N) is 1. The molecule has 1 saturated carbocycles. The van der Waals surface area contributed by atoms with Gasteiger partial charge in [0.15, 0.2) is 11.2 Å². The Kier molecular flexibility index (Phi) is 7.10. The lowest BCUT2D eigenvalue weighted by Gasteiger charge is -2.19. The van der Waals surface area contributed by atoms with Crippen LogP contribution in [0, 0.1) is 0 Å². The Hall–Kier alpha value is -3.69. The van der Waals surface area contributed by atoms with Crippen molar-refractivity contribution in [2.75, 3.05) is 32.8 Å². The molecule has 0 bridgehead atoms. The number of carbonyl (C=O) groups is 1. The molecular formula is C29H31ClN6O3. The fourth-order valence-corrected chi connectivity index (χ4v) is 4.97. The van der Waals surface area contributed by atoms with E-state index in [1.165, 1.54) is 6.33 Å². The largest absolute Gasteiger partial charge is 0.492 e. The topological polar surface area (TPSA) is 94.4 Å². The number of carbonyl (C=O) groups excluding carboxylic acids is 1. The summed E-state index contributed by atoms with van der Waals surface area (Å²) >= 11 is 6.83. The van der Waals surface area contributed by atoms with Crippen molar-refractivity contribution in [2.24, 2.45) is 0 Å². The molecule has 0 radical (unpaired) electrons. The summed E-state index contributed by atoms with van der Waals surface area (Å²) in [6, 6.07) is 15.9.